The van der Waals surface area contributed by atoms with E-state index in [1.807, 2.05) is 0 Å². The van der Waals surface area contributed by atoms with Gasteiger partial charge >= 0.3 is 5.97 Å². The maximum absolute atomic E-state index is 12.4. The number of carboxylic acids is 1. The Morgan fingerprint density at radius 1 is 1.10 bits per heavy atom. The molecule has 0 aromatic rings. The largest absolute Gasteiger partial charge is 0.481 e. The SMILES string of the molecule is CS(=O)(=O)N[C@H]1CCN(C(=O)C2CCC(C(=O)O)CC2)C1. The molecular weight excluding hydrogens is 296 g/mol. The summed E-state index contributed by atoms with van der Waals surface area (Å²) in [5.41, 5.74) is 0. The number of aliphatic carboxylic acids is 1. The lowest BCUT2D eigenvalue weighted by molar-refractivity contribution is -0.145. The highest BCUT2D eigenvalue weighted by Crippen LogP contribution is 2.31. The number of rotatable bonds is 4. The predicted octanol–water partition coefficient (Wildman–Crippen LogP) is 0.0275. The molecular formula is C13H22N2O5S. The smallest absolute Gasteiger partial charge is 0.306 e. The van der Waals surface area contributed by atoms with Crippen LogP contribution in [0.15, 0.2) is 0 Å². The fraction of sp³-hybridized carbons (Fsp3) is 0.846. The lowest BCUT2D eigenvalue weighted by atomic mass is 9.81. The lowest BCUT2D eigenvalue weighted by Gasteiger charge is -2.28. The number of likely N-dealkylation sites (tertiary alicyclic amines) is 1. The molecule has 120 valence electrons. The molecule has 21 heavy (non-hydrogen) atoms. The standard InChI is InChI=1S/C13H22N2O5S/c1-21(19,20)14-11-6-7-15(8-11)12(16)9-2-4-10(5-3-9)13(17)18/h9-11,14H,2-8H2,1H3,(H,17,18)/t9?,10?,11-/m0/s1. The highest BCUT2D eigenvalue weighted by Gasteiger charge is 2.35. The summed E-state index contributed by atoms with van der Waals surface area (Å²) in [7, 11) is -3.25. The van der Waals surface area contributed by atoms with Crippen molar-refractivity contribution in [3.63, 3.8) is 0 Å². The Morgan fingerprint density at radius 2 is 1.67 bits per heavy atom. The van der Waals surface area contributed by atoms with Crippen LogP contribution in [0.3, 0.4) is 0 Å². The molecule has 1 aliphatic carbocycles. The zero-order chi connectivity index (χ0) is 15.6. The molecule has 1 saturated heterocycles. The van der Waals surface area contributed by atoms with Crippen LogP contribution in [0.1, 0.15) is 32.1 Å². The maximum Gasteiger partial charge on any atom is 0.306 e. The second kappa shape index (κ2) is 6.31. The van der Waals surface area contributed by atoms with Crippen LogP contribution >= 0.6 is 0 Å². The van der Waals surface area contributed by atoms with E-state index in [9.17, 15) is 18.0 Å². The van der Waals surface area contributed by atoms with Gasteiger partial charge in [0.2, 0.25) is 15.9 Å². The summed E-state index contributed by atoms with van der Waals surface area (Å²) in [5.74, 6) is -1.18. The third-order valence-electron chi connectivity index (χ3n) is 4.31. The van der Waals surface area contributed by atoms with Gasteiger partial charge in [-0.15, -0.1) is 0 Å². The fourth-order valence-electron chi connectivity index (χ4n) is 3.20. The van der Waals surface area contributed by atoms with Crippen LogP contribution in [-0.2, 0) is 19.6 Å². The van der Waals surface area contributed by atoms with Crippen molar-refractivity contribution in [2.75, 3.05) is 19.3 Å². The van der Waals surface area contributed by atoms with Crippen LogP contribution in [0.2, 0.25) is 0 Å². The summed E-state index contributed by atoms with van der Waals surface area (Å²) in [6, 6.07) is -0.209. The van der Waals surface area contributed by atoms with Crippen LogP contribution < -0.4 is 4.72 Å². The predicted molar refractivity (Wildman–Crippen MR) is 76.0 cm³/mol. The minimum atomic E-state index is -3.25. The molecule has 8 heteroatoms. The molecule has 1 amide bonds. The summed E-state index contributed by atoms with van der Waals surface area (Å²) in [5, 5.41) is 8.96. The zero-order valence-electron chi connectivity index (χ0n) is 12.1. The van der Waals surface area contributed by atoms with Crippen LogP contribution in [0.5, 0.6) is 0 Å². The minimum Gasteiger partial charge on any atom is -0.481 e. The van der Waals surface area contributed by atoms with Crippen LogP contribution in [0.25, 0.3) is 0 Å². The van der Waals surface area contributed by atoms with Gasteiger partial charge in [-0.1, -0.05) is 0 Å². The summed E-state index contributed by atoms with van der Waals surface area (Å²) in [4.78, 5) is 25.0. The van der Waals surface area contributed by atoms with Crippen LogP contribution in [0, 0.1) is 11.8 Å². The molecule has 1 aliphatic heterocycles. The molecule has 0 radical (unpaired) electrons. The van der Waals surface area contributed by atoms with E-state index in [1.165, 1.54) is 0 Å². The Morgan fingerprint density at radius 3 is 2.19 bits per heavy atom. The molecule has 2 rings (SSSR count). The van der Waals surface area contributed by atoms with Gasteiger partial charge < -0.3 is 10.0 Å². The van der Waals surface area contributed by atoms with E-state index in [4.69, 9.17) is 5.11 Å². The van der Waals surface area contributed by atoms with Crippen LogP contribution in [-0.4, -0.2) is 55.7 Å². The van der Waals surface area contributed by atoms with Crippen LogP contribution in [0.4, 0.5) is 0 Å². The lowest BCUT2D eigenvalue weighted by Crippen LogP contribution is -2.40. The zero-order valence-corrected chi connectivity index (χ0v) is 12.9. The van der Waals surface area contributed by atoms with Gasteiger partial charge in [0, 0.05) is 25.0 Å². The van der Waals surface area contributed by atoms with Gasteiger partial charge in [0.15, 0.2) is 0 Å². The Labute approximate surface area is 124 Å². The fourth-order valence-corrected chi connectivity index (χ4v) is 4.00. The normalized spacial score (nSPS) is 30.3. The molecule has 2 N–H and O–H groups in total. The molecule has 2 fully saturated rings. The first-order valence-corrected chi connectivity index (χ1v) is 9.14. The van der Waals surface area contributed by atoms with Gasteiger partial charge in [0.1, 0.15) is 0 Å². The van der Waals surface area contributed by atoms with E-state index in [0.29, 0.717) is 45.2 Å². The molecule has 0 unspecified atom stereocenters. The average molecular weight is 318 g/mol. The number of nitrogens with zero attached hydrogens (tertiary/aromatic N) is 1. The van der Waals surface area contributed by atoms with Crippen molar-refractivity contribution < 1.29 is 23.1 Å². The van der Waals surface area contributed by atoms with Gasteiger partial charge in [0.25, 0.3) is 0 Å². The second-order valence-corrected chi connectivity index (χ2v) is 7.83. The van der Waals surface area contributed by atoms with E-state index in [0.717, 1.165) is 6.26 Å². The van der Waals surface area contributed by atoms with Crippen molar-refractivity contribution in [3.05, 3.63) is 0 Å². The van der Waals surface area contributed by atoms with Crippen molar-refractivity contribution in [2.24, 2.45) is 11.8 Å². The Bertz CT molecular complexity index is 511. The van der Waals surface area contributed by atoms with Gasteiger partial charge in [-0.2, -0.15) is 0 Å². The van der Waals surface area contributed by atoms with E-state index in [1.54, 1.807) is 4.90 Å². The van der Waals surface area contributed by atoms with Gasteiger partial charge in [-0.05, 0) is 32.1 Å². The van der Waals surface area contributed by atoms with E-state index < -0.39 is 16.0 Å². The first-order chi connectivity index (χ1) is 9.76. The van der Waals surface area contributed by atoms with Crippen molar-refractivity contribution in [2.45, 2.75) is 38.1 Å². The summed E-state index contributed by atoms with van der Waals surface area (Å²) < 4.78 is 24.9. The molecule has 1 saturated carbocycles. The third-order valence-corrected chi connectivity index (χ3v) is 5.07. The molecule has 1 atom stereocenters. The van der Waals surface area contributed by atoms with Gasteiger partial charge in [-0.3, -0.25) is 9.59 Å². The molecule has 0 aromatic carbocycles. The molecule has 0 aromatic heterocycles. The molecule has 7 nitrogen and oxygen atoms in total. The highest BCUT2D eigenvalue weighted by atomic mass is 32.2. The minimum absolute atomic E-state index is 0.0386. The number of carbonyl (C=O) groups is 2. The summed E-state index contributed by atoms with van der Waals surface area (Å²) in [6.07, 6.45) is 4.05. The first kappa shape index (κ1) is 16.2. The van der Waals surface area contributed by atoms with Crippen molar-refractivity contribution in [1.82, 2.24) is 9.62 Å². The summed E-state index contributed by atoms with van der Waals surface area (Å²) >= 11 is 0. The number of hydrogen-bond donors (Lipinski definition) is 2. The molecule has 1 heterocycles. The molecule has 0 bridgehead atoms. The van der Waals surface area contributed by atoms with E-state index >= 15 is 0 Å². The Balaban J connectivity index is 1.84. The highest BCUT2D eigenvalue weighted by molar-refractivity contribution is 7.88. The van der Waals surface area contributed by atoms with Gasteiger partial charge in [-0.25, -0.2) is 13.1 Å². The van der Waals surface area contributed by atoms with Crippen molar-refractivity contribution in [3.8, 4) is 0 Å². The van der Waals surface area contributed by atoms with E-state index in [-0.39, 0.29) is 23.8 Å². The van der Waals surface area contributed by atoms with Gasteiger partial charge in [0.05, 0.1) is 12.2 Å². The topological polar surface area (TPSA) is 104 Å². The molecule has 0 spiro atoms. The quantitative estimate of drug-likeness (QED) is 0.761. The first-order valence-electron chi connectivity index (χ1n) is 7.25. The van der Waals surface area contributed by atoms with Crippen molar-refractivity contribution in [1.29, 1.82) is 0 Å². The average Bonchev–Trinajstić information content (AvgIpc) is 2.84. The number of nitrogens with one attached hydrogen (secondary N) is 1. The van der Waals surface area contributed by atoms with Crippen molar-refractivity contribution >= 4 is 21.9 Å². The third kappa shape index (κ3) is 4.41. The maximum atomic E-state index is 12.4. The molecule has 2 aliphatic rings. The Kier molecular flexibility index (Phi) is 4.88. The van der Waals surface area contributed by atoms with E-state index in [2.05, 4.69) is 4.72 Å². The monoisotopic (exact) mass is 318 g/mol. The number of carboxylic acid groups (broad SMARTS) is 1. The number of amides is 1. The number of sulfonamides is 1. The second-order valence-electron chi connectivity index (χ2n) is 6.05. The number of carbonyl (C=O) groups excluding carboxylic acids is 1. The summed E-state index contributed by atoms with van der Waals surface area (Å²) in [6.45, 7) is 0.968. The number of hydrogen-bond acceptors (Lipinski definition) is 4. The Hall–Kier alpha value is -1.15.